The summed E-state index contributed by atoms with van der Waals surface area (Å²) in [6, 6.07) is 20.7. The molecule has 0 saturated carbocycles. The highest BCUT2D eigenvalue weighted by atomic mass is 16.3. The summed E-state index contributed by atoms with van der Waals surface area (Å²) in [5.74, 6) is 1.54. The van der Waals surface area contributed by atoms with E-state index in [0.717, 1.165) is 34.0 Å². The topological polar surface area (TPSA) is 91.1 Å². The number of anilines is 2. The van der Waals surface area contributed by atoms with E-state index in [0.29, 0.717) is 5.95 Å². The summed E-state index contributed by atoms with van der Waals surface area (Å²) < 4.78 is 1.76. The third-order valence-corrected chi connectivity index (χ3v) is 4.41. The van der Waals surface area contributed by atoms with E-state index in [2.05, 4.69) is 25.4 Å². The van der Waals surface area contributed by atoms with Crippen LogP contribution in [0.5, 0.6) is 5.75 Å². The lowest BCUT2D eigenvalue weighted by molar-refractivity contribution is 0.475. The number of hydrogen-bond donors (Lipinski definition) is 3. The van der Waals surface area contributed by atoms with E-state index in [1.165, 1.54) is 0 Å². The molecule has 28 heavy (non-hydrogen) atoms. The second-order valence-corrected chi connectivity index (χ2v) is 6.31. The van der Waals surface area contributed by atoms with Crippen molar-refractivity contribution in [2.75, 3.05) is 5.32 Å². The van der Waals surface area contributed by atoms with Gasteiger partial charge in [0.2, 0.25) is 5.95 Å². The Bertz CT molecular complexity index is 1240. The van der Waals surface area contributed by atoms with Crippen molar-refractivity contribution >= 4 is 17.3 Å². The van der Waals surface area contributed by atoms with Crippen LogP contribution in [0.15, 0.2) is 79.1 Å². The Hall–Kier alpha value is -4.13. The number of aromatic amines is 1. The van der Waals surface area contributed by atoms with Crippen molar-refractivity contribution in [3.8, 4) is 28.4 Å². The van der Waals surface area contributed by atoms with Gasteiger partial charge < -0.3 is 15.4 Å². The Morgan fingerprint density at radius 1 is 0.929 bits per heavy atom. The van der Waals surface area contributed by atoms with Crippen molar-refractivity contribution in [3.63, 3.8) is 0 Å². The summed E-state index contributed by atoms with van der Waals surface area (Å²) in [6.45, 7) is 0. The molecule has 5 aromatic rings. The van der Waals surface area contributed by atoms with Gasteiger partial charge in [-0.3, -0.25) is 0 Å². The lowest BCUT2D eigenvalue weighted by atomic mass is 10.1. The molecular weight excluding hydrogens is 352 g/mol. The minimum Gasteiger partial charge on any atom is -0.508 e. The van der Waals surface area contributed by atoms with Crippen molar-refractivity contribution in [1.82, 2.24) is 24.6 Å². The Labute approximate surface area is 160 Å². The number of benzene rings is 2. The second-order valence-electron chi connectivity index (χ2n) is 6.31. The van der Waals surface area contributed by atoms with Crippen LogP contribution in [0, 0.1) is 0 Å². The maximum Gasteiger partial charge on any atom is 0.247 e. The van der Waals surface area contributed by atoms with E-state index in [1.807, 2.05) is 48.5 Å². The number of pyridine rings is 1. The van der Waals surface area contributed by atoms with Gasteiger partial charge >= 0.3 is 0 Å². The quantitative estimate of drug-likeness (QED) is 0.441. The van der Waals surface area contributed by atoms with Gasteiger partial charge in [0, 0.05) is 29.2 Å². The number of rotatable bonds is 4. The molecule has 0 amide bonds. The molecule has 3 N–H and O–H groups in total. The minimum absolute atomic E-state index is 0.213. The number of phenols is 1. The highest BCUT2D eigenvalue weighted by molar-refractivity contribution is 5.66. The van der Waals surface area contributed by atoms with Gasteiger partial charge in [0.25, 0.3) is 0 Å². The Balaban J connectivity index is 1.46. The predicted octanol–water partition coefficient (Wildman–Crippen LogP) is 4.24. The van der Waals surface area contributed by atoms with E-state index in [-0.39, 0.29) is 5.75 Å². The molecule has 0 aliphatic carbocycles. The fourth-order valence-electron chi connectivity index (χ4n) is 3.11. The molecule has 0 aliphatic heterocycles. The maximum absolute atomic E-state index is 9.77. The van der Waals surface area contributed by atoms with Gasteiger partial charge in [0.1, 0.15) is 11.6 Å². The van der Waals surface area contributed by atoms with Crippen molar-refractivity contribution in [3.05, 3.63) is 79.1 Å². The molecule has 0 atom stereocenters. The van der Waals surface area contributed by atoms with E-state index in [1.54, 1.807) is 35.1 Å². The molecule has 3 heterocycles. The maximum atomic E-state index is 9.77. The lowest BCUT2D eigenvalue weighted by Crippen LogP contribution is -1.95. The zero-order chi connectivity index (χ0) is 18.9. The fraction of sp³-hybridized carbons (Fsp3) is 0. The fourth-order valence-corrected chi connectivity index (χ4v) is 3.11. The molecule has 5 rings (SSSR count). The Morgan fingerprint density at radius 2 is 1.79 bits per heavy atom. The number of aromatic nitrogens is 5. The molecule has 3 aromatic heterocycles. The van der Waals surface area contributed by atoms with Crippen LogP contribution in [-0.2, 0) is 0 Å². The van der Waals surface area contributed by atoms with Gasteiger partial charge in [-0.25, -0.2) is 9.50 Å². The molecule has 0 unspecified atom stereocenters. The largest absolute Gasteiger partial charge is 0.508 e. The molecule has 7 heteroatoms. The van der Waals surface area contributed by atoms with E-state index >= 15 is 0 Å². The van der Waals surface area contributed by atoms with Gasteiger partial charge in [-0.1, -0.05) is 18.2 Å². The summed E-state index contributed by atoms with van der Waals surface area (Å²) in [5.41, 5.74) is 4.32. The molecule has 7 nitrogen and oxygen atoms in total. The van der Waals surface area contributed by atoms with Crippen molar-refractivity contribution in [2.45, 2.75) is 0 Å². The number of nitrogens with one attached hydrogen (secondary N) is 2. The van der Waals surface area contributed by atoms with Crippen LogP contribution in [-0.4, -0.2) is 29.7 Å². The highest BCUT2D eigenvalue weighted by Gasteiger charge is 2.10. The summed E-state index contributed by atoms with van der Waals surface area (Å²) in [6.07, 6.45) is 3.53. The van der Waals surface area contributed by atoms with E-state index in [9.17, 15) is 5.11 Å². The number of fused-ring (bicyclic) bond motifs is 1. The molecule has 0 aliphatic rings. The number of hydrogen-bond acceptors (Lipinski definition) is 5. The molecule has 2 aromatic carbocycles. The van der Waals surface area contributed by atoms with Crippen LogP contribution in [0.1, 0.15) is 0 Å². The monoisotopic (exact) mass is 368 g/mol. The number of nitrogens with zero attached hydrogens (tertiary/aromatic N) is 4. The Kier molecular flexibility index (Phi) is 3.76. The normalized spacial score (nSPS) is 11.0. The molecule has 0 fully saturated rings. The van der Waals surface area contributed by atoms with Crippen LogP contribution >= 0.6 is 0 Å². The molecule has 0 radical (unpaired) electrons. The van der Waals surface area contributed by atoms with Crippen LogP contribution in [0.2, 0.25) is 0 Å². The first-order chi connectivity index (χ1) is 13.8. The number of imidazole rings is 1. The SMILES string of the molecule is Oc1cccc(-c2cccc3nc(Nc4ccc(-c5ncc[nH]5)cc4)nn23)c1. The first-order valence-electron chi connectivity index (χ1n) is 8.78. The molecule has 0 saturated heterocycles. The second kappa shape index (κ2) is 6.55. The molecular formula is C21H16N6O. The number of H-pyrrole nitrogens is 1. The standard InChI is InChI=1S/C21H16N6O/c28-17-4-1-3-15(13-17)18-5-2-6-19-25-21(26-27(18)19)24-16-9-7-14(8-10-16)20-22-11-12-23-20/h1-13,28H,(H,22,23)(H,24,26). The van der Waals surface area contributed by atoms with Gasteiger partial charge in [-0.15, -0.1) is 5.10 Å². The summed E-state index contributed by atoms with van der Waals surface area (Å²) in [4.78, 5) is 11.9. The molecule has 0 bridgehead atoms. The average molecular weight is 368 g/mol. The van der Waals surface area contributed by atoms with Gasteiger partial charge in [-0.05, 0) is 48.5 Å². The highest BCUT2D eigenvalue weighted by Crippen LogP contribution is 2.25. The first-order valence-corrected chi connectivity index (χ1v) is 8.78. The molecule has 136 valence electrons. The van der Waals surface area contributed by atoms with Crippen molar-refractivity contribution in [2.24, 2.45) is 0 Å². The third-order valence-electron chi connectivity index (χ3n) is 4.41. The summed E-state index contributed by atoms with van der Waals surface area (Å²) in [7, 11) is 0. The van der Waals surface area contributed by atoms with E-state index in [4.69, 9.17) is 0 Å². The van der Waals surface area contributed by atoms with Crippen LogP contribution in [0.3, 0.4) is 0 Å². The van der Waals surface area contributed by atoms with E-state index < -0.39 is 0 Å². The van der Waals surface area contributed by atoms with Crippen LogP contribution in [0.4, 0.5) is 11.6 Å². The van der Waals surface area contributed by atoms with Gasteiger partial charge in [-0.2, -0.15) is 4.98 Å². The number of phenolic OH excluding ortho intramolecular Hbond substituents is 1. The van der Waals surface area contributed by atoms with Gasteiger partial charge in [0.15, 0.2) is 5.65 Å². The number of aromatic hydroxyl groups is 1. The summed E-state index contributed by atoms with van der Waals surface area (Å²) >= 11 is 0. The summed E-state index contributed by atoms with van der Waals surface area (Å²) in [5, 5.41) is 17.6. The lowest BCUT2D eigenvalue weighted by Gasteiger charge is -2.04. The molecule has 0 spiro atoms. The van der Waals surface area contributed by atoms with Crippen molar-refractivity contribution < 1.29 is 5.11 Å². The minimum atomic E-state index is 0.213. The first kappa shape index (κ1) is 16.1. The van der Waals surface area contributed by atoms with Crippen LogP contribution in [0.25, 0.3) is 28.3 Å². The van der Waals surface area contributed by atoms with Gasteiger partial charge in [0.05, 0.1) is 5.69 Å². The van der Waals surface area contributed by atoms with Crippen LogP contribution < -0.4 is 5.32 Å². The average Bonchev–Trinajstić information content (AvgIpc) is 3.38. The Morgan fingerprint density at radius 3 is 2.57 bits per heavy atom. The third kappa shape index (κ3) is 2.95. The van der Waals surface area contributed by atoms with Crippen molar-refractivity contribution in [1.29, 1.82) is 0 Å². The zero-order valence-corrected chi connectivity index (χ0v) is 14.7. The predicted molar refractivity (Wildman–Crippen MR) is 107 cm³/mol. The zero-order valence-electron chi connectivity index (χ0n) is 14.7. The smallest absolute Gasteiger partial charge is 0.247 e.